The molecule has 0 N–H and O–H groups in total. The highest BCUT2D eigenvalue weighted by Gasteiger charge is 2.25. The molecule has 0 saturated carbocycles. The van der Waals surface area contributed by atoms with Gasteiger partial charge in [0.05, 0.1) is 9.79 Å². The predicted octanol–water partition coefficient (Wildman–Crippen LogP) is 2.82. The summed E-state index contributed by atoms with van der Waals surface area (Å²) >= 11 is 4.78. The first-order valence-corrected chi connectivity index (χ1v) is 10.1. The highest BCUT2D eigenvalue weighted by Crippen LogP contribution is 2.40. The summed E-state index contributed by atoms with van der Waals surface area (Å²) in [4.78, 5) is 0.105. The molecule has 0 aliphatic heterocycles. The Labute approximate surface area is 116 Å². The van der Waals surface area contributed by atoms with E-state index in [-0.39, 0.29) is 18.2 Å². The quantitative estimate of drug-likeness (QED) is 0.663. The molecule has 0 bridgehead atoms. The zero-order valence-electron chi connectivity index (χ0n) is 6.44. The van der Waals surface area contributed by atoms with Crippen molar-refractivity contribution in [3.8, 4) is 0 Å². The van der Waals surface area contributed by atoms with Crippen LogP contribution in [0.3, 0.4) is 0 Å². The predicted molar refractivity (Wildman–Crippen MR) is 68.4 cm³/mol. The van der Waals surface area contributed by atoms with Crippen molar-refractivity contribution in [1.29, 1.82) is 0 Å². The molecule has 0 aliphatic rings. The maximum atomic E-state index is 11.1. The van der Waals surface area contributed by atoms with Crippen LogP contribution in [-0.4, -0.2) is 12.6 Å². The molecule has 0 fully saturated rings. The van der Waals surface area contributed by atoms with Gasteiger partial charge in [-0.1, -0.05) is 0 Å². The first-order valence-electron chi connectivity index (χ1n) is 2.96. The van der Waals surface area contributed by atoms with E-state index >= 15 is 0 Å². The van der Waals surface area contributed by atoms with Gasteiger partial charge in [0.25, 0.3) is 0 Å². The van der Waals surface area contributed by atoms with Gasteiger partial charge >= 0.3 is 0 Å². The largest absolute Gasteiger partial charge is 0.237 e. The summed E-state index contributed by atoms with van der Waals surface area (Å²) in [5.74, 6) is 0. The third-order valence-corrected chi connectivity index (χ3v) is 8.24. The fraction of sp³-hybridized carbons (Fsp3) is 0. The normalized spacial score (nSPS) is 17.3. The number of halogens is 3. The van der Waals surface area contributed by atoms with Crippen molar-refractivity contribution < 1.29 is 12.6 Å². The van der Waals surface area contributed by atoms with Gasteiger partial charge in [-0.25, -0.2) is 12.6 Å². The van der Waals surface area contributed by atoms with E-state index < -0.39 is 30.0 Å². The van der Waals surface area contributed by atoms with E-state index in [1.807, 2.05) is 0 Å². The summed E-state index contributed by atoms with van der Waals surface area (Å²) in [7, 11) is 10.4. The molecule has 1 aromatic heterocycles. The molecule has 0 aromatic carbocycles. The monoisotopic (exact) mass is 362 g/mol. The maximum Gasteiger partial charge on any atom is 0.159 e. The molecule has 0 spiro atoms. The maximum absolute atomic E-state index is 11.1. The summed E-state index contributed by atoms with van der Waals surface area (Å²) in [6, 6.07) is 0. The molecule has 3 atom stereocenters. The number of rotatable bonds is 3. The van der Waals surface area contributed by atoms with E-state index in [0.717, 1.165) is 11.3 Å². The van der Waals surface area contributed by atoms with Gasteiger partial charge in [-0.05, 0) is 32.0 Å². The van der Waals surface area contributed by atoms with E-state index in [0.29, 0.717) is 0 Å². The number of thiol groups is 1. The van der Waals surface area contributed by atoms with Crippen LogP contribution in [-0.2, 0) is 30.0 Å². The molecule has 0 amide bonds. The Morgan fingerprint density at radius 3 is 1.67 bits per heavy atom. The number of hydrogen-bond acceptors (Lipinski definition) is 5. The van der Waals surface area contributed by atoms with Crippen LogP contribution in [0, 0.1) is 0 Å². The van der Waals surface area contributed by atoms with Crippen molar-refractivity contribution in [1.82, 2.24) is 0 Å². The van der Waals surface area contributed by atoms with Gasteiger partial charge in [0, 0.05) is 0 Å². The van der Waals surface area contributed by atoms with Crippen LogP contribution in [0.4, 0.5) is 0 Å². The zero-order chi connectivity index (χ0) is 11.7. The summed E-state index contributed by atoms with van der Waals surface area (Å²) in [6.45, 7) is 0. The second kappa shape index (κ2) is 5.81. The van der Waals surface area contributed by atoms with Gasteiger partial charge in [0.15, 0.2) is 30.0 Å². The van der Waals surface area contributed by atoms with E-state index in [1.165, 1.54) is 0 Å². The van der Waals surface area contributed by atoms with E-state index in [9.17, 15) is 12.6 Å². The van der Waals surface area contributed by atoms with Crippen LogP contribution < -0.4 is 0 Å². The average molecular weight is 364 g/mol. The Bertz CT molecular complexity index is 468. The lowest BCUT2D eigenvalue weighted by atomic mass is 10.6. The lowest BCUT2D eigenvalue weighted by Gasteiger charge is -1.94. The van der Waals surface area contributed by atoms with Crippen LogP contribution in [0.15, 0.2) is 18.2 Å². The summed E-state index contributed by atoms with van der Waals surface area (Å²) in [6.07, 6.45) is 0. The van der Waals surface area contributed by atoms with Crippen LogP contribution in [0.5, 0.6) is 0 Å². The summed E-state index contributed by atoms with van der Waals surface area (Å²) in [5.41, 5.74) is 0. The molecule has 3 unspecified atom stereocenters. The highest BCUT2D eigenvalue weighted by molar-refractivity contribution is 8.13. The SMILES string of the molecule is O=S(Cl)c1sc(S(=O)Cl)c(S(=O)Cl)c1S. The van der Waals surface area contributed by atoms with E-state index in [4.69, 9.17) is 32.0 Å². The van der Waals surface area contributed by atoms with Gasteiger partial charge in [0.2, 0.25) is 0 Å². The van der Waals surface area contributed by atoms with Gasteiger partial charge < -0.3 is 0 Å². The average Bonchev–Trinajstić information content (AvgIpc) is 2.42. The molecule has 0 aliphatic carbocycles. The molecule has 3 nitrogen and oxygen atoms in total. The lowest BCUT2D eigenvalue weighted by Crippen LogP contribution is -1.87. The molecular formula is C4HCl3O3S5. The van der Waals surface area contributed by atoms with Gasteiger partial charge in [-0.3, -0.25) is 0 Å². The molecule has 15 heavy (non-hydrogen) atoms. The van der Waals surface area contributed by atoms with Crippen molar-refractivity contribution in [3.05, 3.63) is 0 Å². The second-order valence-corrected chi connectivity index (χ2v) is 9.10. The van der Waals surface area contributed by atoms with E-state index in [1.54, 1.807) is 0 Å². The Hall–Kier alpha value is 1.37. The van der Waals surface area contributed by atoms with Gasteiger partial charge in [-0.2, -0.15) is 0 Å². The third kappa shape index (κ3) is 3.19. The zero-order valence-corrected chi connectivity index (χ0v) is 12.9. The fourth-order valence-corrected chi connectivity index (χ4v) is 7.42. The first kappa shape index (κ1) is 14.4. The van der Waals surface area contributed by atoms with Crippen LogP contribution in [0.2, 0.25) is 0 Å². The molecule has 11 heteroatoms. The number of hydrogen-bond donors (Lipinski definition) is 1. The molecular weight excluding hydrogens is 363 g/mol. The Morgan fingerprint density at radius 1 is 0.933 bits per heavy atom. The van der Waals surface area contributed by atoms with Crippen LogP contribution in [0.25, 0.3) is 0 Å². The molecule has 0 saturated heterocycles. The van der Waals surface area contributed by atoms with Crippen molar-refractivity contribution >= 4 is 86.1 Å². The smallest absolute Gasteiger partial charge is 0.159 e. The third-order valence-electron chi connectivity index (χ3n) is 1.23. The lowest BCUT2D eigenvalue weighted by molar-refractivity contribution is 0.683. The van der Waals surface area contributed by atoms with Crippen molar-refractivity contribution in [2.24, 2.45) is 0 Å². The van der Waals surface area contributed by atoms with Crippen LogP contribution in [0.1, 0.15) is 0 Å². The molecule has 1 aromatic rings. The summed E-state index contributed by atoms with van der Waals surface area (Å²) < 4.78 is 33.4. The Kier molecular flexibility index (Phi) is 5.59. The molecule has 86 valence electrons. The molecule has 1 rings (SSSR count). The minimum atomic E-state index is -1.93. The van der Waals surface area contributed by atoms with Crippen LogP contribution >= 0.6 is 56.0 Å². The van der Waals surface area contributed by atoms with Crippen molar-refractivity contribution in [2.45, 2.75) is 18.2 Å². The molecule has 1 heterocycles. The Morgan fingerprint density at radius 2 is 1.40 bits per heavy atom. The second-order valence-electron chi connectivity index (χ2n) is 2.03. The van der Waals surface area contributed by atoms with Crippen molar-refractivity contribution in [2.75, 3.05) is 0 Å². The van der Waals surface area contributed by atoms with Gasteiger partial charge in [-0.15, -0.1) is 24.0 Å². The van der Waals surface area contributed by atoms with Gasteiger partial charge in [0.1, 0.15) is 8.42 Å². The van der Waals surface area contributed by atoms with E-state index in [2.05, 4.69) is 12.6 Å². The topological polar surface area (TPSA) is 51.2 Å². The number of thiophene rings is 1. The summed E-state index contributed by atoms with van der Waals surface area (Å²) in [5, 5.41) is 0. The Balaban J connectivity index is 3.53. The minimum absolute atomic E-state index is 0.00216. The fourth-order valence-electron chi connectivity index (χ4n) is 0.724. The first-order chi connectivity index (χ1) is 6.86. The van der Waals surface area contributed by atoms with Crippen molar-refractivity contribution in [3.63, 3.8) is 0 Å². The highest BCUT2D eigenvalue weighted by atomic mass is 35.7. The standard InChI is InChI=1S/C4HCl3O3S5/c5-13(8)2-1(11)3(14(6)9)12-4(2)15(7)10/h11H. The minimum Gasteiger partial charge on any atom is -0.237 e. The molecule has 0 radical (unpaired) electrons.